The maximum Gasteiger partial charge on any atom is 0.357 e. The molecule has 0 aliphatic heterocycles. The molecule has 3 rings (SSSR count). The first-order chi connectivity index (χ1) is 13.5. The first kappa shape index (κ1) is 19.3. The van der Waals surface area contributed by atoms with Crippen LogP contribution in [0.4, 0.5) is 0 Å². The second kappa shape index (κ2) is 8.08. The van der Waals surface area contributed by atoms with E-state index in [0.717, 1.165) is 5.39 Å². The topological polar surface area (TPSA) is 96.2 Å². The molecule has 0 aliphatic carbocycles. The van der Waals surface area contributed by atoms with Crippen LogP contribution in [0.2, 0.25) is 0 Å². The van der Waals surface area contributed by atoms with E-state index in [0.29, 0.717) is 10.9 Å². The smallest absolute Gasteiger partial charge is 0.357 e. The van der Waals surface area contributed by atoms with Crippen LogP contribution in [0.1, 0.15) is 52.0 Å². The minimum Gasteiger partial charge on any atom is -0.462 e. The third-order valence-corrected chi connectivity index (χ3v) is 4.10. The molecule has 0 fully saturated rings. The summed E-state index contributed by atoms with van der Waals surface area (Å²) >= 11 is 0. The molecule has 0 unspecified atom stereocenters. The average molecular weight is 384 g/mol. The van der Waals surface area contributed by atoms with E-state index in [1.165, 1.54) is 4.52 Å². The van der Waals surface area contributed by atoms with Crippen molar-refractivity contribution in [1.29, 1.82) is 0 Å². The van der Waals surface area contributed by atoms with Crippen molar-refractivity contribution in [2.45, 2.75) is 20.8 Å². The second-order valence-corrected chi connectivity index (χ2v) is 5.75. The molecule has 0 atom stereocenters. The highest BCUT2D eigenvalue weighted by molar-refractivity contribution is 6.18. The number of ether oxygens (including phenoxy) is 3. The Hall–Kier alpha value is -3.42. The van der Waals surface area contributed by atoms with Crippen LogP contribution in [0.5, 0.6) is 0 Å². The van der Waals surface area contributed by atoms with Crippen molar-refractivity contribution in [3.8, 4) is 0 Å². The number of carbonyl (C=O) groups excluding carboxylic acids is 3. The summed E-state index contributed by atoms with van der Waals surface area (Å²) in [6.45, 7) is 5.21. The Morgan fingerprint density at radius 3 is 2.07 bits per heavy atom. The summed E-state index contributed by atoms with van der Waals surface area (Å²) in [6.07, 6.45) is 1.55. The molecule has 2 aromatic heterocycles. The molecule has 0 saturated heterocycles. The van der Waals surface area contributed by atoms with E-state index in [-0.39, 0.29) is 36.6 Å². The highest BCUT2D eigenvalue weighted by Crippen LogP contribution is 2.31. The third-order valence-electron chi connectivity index (χ3n) is 4.10. The number of esters is 3. The molecule has 28 heavy (non-hydrogen) atoms. The Morgan fingerprint density at radius 1 is 0.857 bits per heavy atom. The van der Waals surface area contributed by atoms with Crippen molar-refractivity contribution in [2.75, 3.05) is 19.8 Å². The first-order valence-corrected chi connectivity index (χ1v) is 8.98. The quantitative estimate of drug-likeness (QED) is 0.476. The molecule has 0 amide bonds. The van der Waals surface area contributed by atoms with Gasteiger partial charge in [-0.2, -0.15) is 5.10 Å². The maximum atomic E-state index is 12.8. The fourth-order valence-corrected chi connectivity index (χ4v) is 3.06. The van der Waals surface area contributed by atoms with Crippen LogP contribution < -0.4 is 0 Å². The molecule has 1 aromatic carbocycles. The molecule has 0 bridgehead atoms. The number of rotatable bonds is 6. The standard InChI is InChI=1S/C20H20N2O6/c1-4-26-18(23)14-15(19(24)27-5-2)17(20(25)28-6-3)22-16(14)13-10-8-7-9-12(13)11-21-22/h7-11H,4-6H2,1-3H3. The molecule has 0 spiro atoms. The average Bonchev–Trinajstić information content (AvgIpc) is 3.04. The van der Waals surface area contributed by atoms with Crippen molar-refractivity contribution >= 4 is 34.2 Å². The zero-order chi connectivity index (χ0) is 20.3. The van der Waals surface area contributed by atoms with Crippen molar-refractivity contribution < 1.29 is 28.6 Å². The van der Waals surface area contributed by atoms with Gasteiger partial charge in [0.05, 0.1) is 31.5 Å². The zero-order valence-corrected chi connectivity index (χ0v) is 15.9. The van der Waals surface area contributed by atoms with E-state index in [9.17, 15) is 14.4 Å². The number of hydrogen-bond acceptors (Lipinski definition) is 7. The molecule has 0 radical (unpaired) electrons. The van der Waals surface area contributed by atoms with Crippen molar-refractivity contribution in [2.24, 2.45) is 0 Å². The third kappa shape index (κ3) is 3.17. The largest absolute Gasteiger partial charge is 0.462 e. The summed E-state index contributed by atoms with van der Waals surface area (Å²) in [6, 6.07) is 7.21. The van der Waals surface area contributed by atoms with Gasteiger partial charge in [-0.1, -0.05) is 24.3 Å². The van der Waals surface area contributed by atoms with Crippen LogP contribution in [0.25, 0.3) is 16.3 Å². The van der Waals surface area contributed by atoms with E-state index in [1.807, 2.05) is 12.1 Å². The minimum atomic E-state index is -0.816. The van der Waals surface area contributed by atoms with Gasteiger partial charge < -0.3 is 14.2 Å². The summed E-state index contributed by atoms with van der Waals surface area (Å²) in [5.41, 5.74) is -0.137. The van der Waals surface area contributed by atoms with Crippen LogP contribution in [0.3, 0.4) is 0 Å². The van der Waals surface area contributed by atoms with Crippen LogP contribution in [0, 0.1) is 0 Å². The van der Waals surface area contributed by atoms with E-state index in [2.05, 4.69) is 5.10 Å². The number of fused-ring (bicyclic) bond motifs is 3. The monoisotopic (exact) mass is 384 g/mol. The van der Waals surface area contributed by atoms with Crippen LogP contribution in [0.15, 0.2) is 30.5 Å². The number of aromatic nitrogens is 2. The molecule has 146 valence electrons. The normalized spacial score (nSPS) is 10.8. The van der Waals surface area contributed by atoms with E-state index < -0.39 is 17.9 Å². The van der Waals surface area contributed by atoms with Crippen molar-refractivity contribution in [1.82, 2.24) is 9.61 Å². The Kier molecular flexibility index (Phi) is 5.58. The molecular formula is C20H20N2O6. The molecule has 2 heterocycles. The first-order valence-electron chi connectivity index (χ1n) is 8.98. The molecule has 0 saturated carbocycles. The minimum absolute atomic E-state index is 0.0624. The lowest BCUT2D eigenvalue weighted by Gasteiger charge is -2.06. The molecule has 3 aromatic rings. The fourth-order valence-electron chi connectivity index (χ4n) is 3.06. The van der Waals surface area contributed by atoms with E-state index in [4.69, 9.17) is 14.2 Å². The molecule has 0 N–H and O–H groups in total. The van der Waals surface area contributed by atoms with Gasteiger partial charge in [-0.25, -0.2) is 18.9 Å². The highest BCUT2D eigenvalue weighted by Gasteiger charge is 2.35. The Bertz CT molecular complexity index is 1070. The Labute approximate surface area is 161 Å². The van der Waals surface area contributed by atoms with Gasteiger partial charge >= 0.3 is 17.9 Å². The van der Waals surface area contributed by atoms with E-state index >= 15 is 0 Å². The maximum absolute atomic E-state index is 12.8. The summed E-state index contributed by atoms with van der Waals surface area (Å²) in [4.78, 5) is 38.2. The number of benzene rings is 1. The lowest BCUT2D eigenvalue weighted by atomic mass is 10.1. The summed E-state index contributed by atoms with van der Waals surface area (Å²) in [5, 5.41) is 5.66. The van der Waals surface area contributed by atoms with Gasteiger partial charge in [0.25, 0.3) is 0 Å². The van der Waals surface area contributed by atoms with Crippen LogP contribution >= 0.6 is 0 Å². The van der Waals surface area contributed by atoms with E-state index in [1.54, 1.807) is 39.1 Å². The van der Waals surface area contributed by atoms with Gasteiger partial charge in [0.2, 0.25) is 0 Å². The predicted octanol–water partition coefficient (Wildman–Crippen LogP) is 3.02. The summed E-state index contributed by atoms with van der Waals surface area (Å²) in [7, 11) is 0. The highest BCUT2D eigenvalue weighted by atomic mass is 16.5. The van der Waals surface area contributed by atoms with Crippen LogP contribution in [-0.4, -0.2) is 47.3 Å². The number of carbonyl (C=O) groups is 3. The fraction of sp³-hybridized carbons (Fsp3) is 0.300. The predicted molar refractivity (Wildman–Crippen MR) is 101 cm³/mol. The Morgan fingerprint density at radius 2 is 1.43 bits per heavy atom. The lowest BCUT2D eigenvalue weighted by Crippen LogP contribution is -2.18. The van der Waals surface area contributed by atoms with Crippen molar-refractivity contribution in [3.63, 3.8) is 0 Å². The Balaban J connectivity index is 2.49. The van der Waals surface area contributed by atoms with Gasteiger partial charge in [0, 0.05) is 10.8 Å². The number of nitrogens with zero attached hydrogens (tertiary/aromatic N) is 2. The van der Waals surface area contributed by atoms with Crippen molar-refractivity contribution in [3.05, 3.63) is 47.3 Å². The summed E-state index contributed by atoms with van der Waals surface area (Å²) < 4.78 is 16.6. The van der Waals surface area contributed by atoms with Gasteiger partial charge in [-0.05, 0) is 20.8 Å². The number of hydrogen-bond donors (Lipinski definition) is 0. The lowest BCUT2D eigenvalue weighted by molar-refractivity contribution is 0.0459. The molecule has 0 aliphatic rings. The van der Waals surface area contributed by atoms with Gasteiger partial charge in [0.1, 0.15) is 11.1 Å². The molecule has 8 heteroatoms. The SMILES string of the molecule is CCOC(=O)c1c(C(=O)OCC)c2c3ccccc3cnn2c1C(=O)OCC. The summed E-state index contributed by atoms with van der Waals surface area (Å²) in [5.74, 6) is -2.33. The van der Waals surface area contributed by atoms with Crippen LogP contribution in [-0.2, 0) is 14.2 Å². The van der Waals surface area contributed by atoms with Gasteiger partial charge in [0.15, 0.2) is 5.69 Å². The van der Waals surface area contributed by atoms with Gasteiger partial charge in [-0.3, -0.25) is 0 Å². The molecular weight excluding hydrogens is 364 g/mol. The zero-order valence-electron chi connectivity index (χ0n) is 15.9. The molecule has 8 nitrogen and oxygen atoms in total. The van der Waals surface area contributed by atoms with Gasteiger partial charge in [-0.15, -0.1) is 0 Å². The second-order valence-electron chi connectivity index (χ2n) is 5.75.